The van der Waals surface area contributed by atoms with Crippen molar-refractivity contribution in [1.82, 2.24) is 9.80 Å². The minimum Gasteiger partial charge on any atom is -0.377 e. The lowest BCUT2D eigenvalue weighted by atomic mass is 10.1. The monoisotopic (exact) mass is 283 g/mol. The molecule has 5 heteroatoms. The number of hydrogen-bond donors (Lipinski definition) is 1. The smallest absolute Gasteiger partial charge is 0.222 e. The molecule has 2 N–H and O–H groups in total. The summed E-state index contributed by atoms with van der Waals surface area (Å²) in [5, 5.41) is 0. The molecule has 2 fully saturated rings. The summed E-state index contributed by atoms with van der Waals surface area (Å²) in [7, 11) is 0. The molecule has 2 aliphatic rings. The third-order valence-corrected chi connectivity index (χ3v) is 4.46. The third kappa shape index (κ3) is 4.72. The molecular weight excluding hydrogens is 254 g/mol. The van der Waals surface area contributed by atoms with Crippen molar-refractivity contribution in [3.05, 3.63) is 0 Å². The van der Waals surface area contributed by atoms with Gasteiger partial charge in [0.1, 0.15) is 0 Å². The van der Waals surface area contributed by atoms with Crippen molar-refractivity contribution in [1.29, 1.82) is 0 Å². The average Bonchev–Trinajstić information content (AvgIpc) is 2.98. The number of carbonyl (C=O) groups is 1. The van der Waals surface area contributed by atoms with Crippen molar-refractivity contribution in [2.45, 2.75) is 38.7 Å². The lowest BCUT2D eigenvalue weighted by Crippen LogP contribution is -2.50. The van der Waals surface area contributed by atoms with Crippen molar-refractivity contribution >= 4 is 5.91 Å². The van der Waals surface area contributed by atoms with Gasteiger partial charge >= 0.3 is 0 Å². The van der Waals surface area contributed by atoms with E-state index in [9.17, 15) is 4.79 Å². The summed E-state index contributed by atoms with van der Waals surface area (Å²) in [6, 6.07) is 0. The second-order valence-electron chi connectivity index (χ2n) is 6.20. The molecule has 0 aliphatic carbocycles. The van der Waals surface area contributed by atoms with Gasteiger partial charge in [0.05, 0.1) is 6.10 Å². The van der Waals surface area contributed by atoms with E-state index in [1.807, 2.05) is 4.90 Å². The Morgan fingerprint density at radius 1 is 1.35 bits per heavy atom. The summed E-state index contributed by atoms with van der Waals surface area (Å²) in [4.78, 5) is 16.6. The number of nitrogens with two attached hydrogens (primary N) is 1. The van der Waals surface area contributed by atoms with Gasteiger partial charge < -0.3 is 15.4 Å². The molecule has 2 unspecified atom stereocenters. The topological polar surface area (TPSA) is 58.8 Å². The highest BCUT2D eigenvalue weighted by molar-refractivity contribution is 5.76. The van der Waals surface area contributed by atoms with Crippen molar-refractivity contribution in [2.24, 2.45) is 11.7 Å². The van der Waals surface area contributed by atoms with E-state index in [2.05, 4.69) is 11.8 Å². The summed E-state index contributed by atoms with van der Waals surface area (Å²) in [5.41, 5.74) is 5.59. The Labute approximate surface area is 122 Å². The fourth-order valence-corrected chi connectivity index (χ4v) is 2.90. The molecule has 0 aromatic heterocycles. The van der Waals surface area contributed by atoms with Crippen molar-refractivity contribution in [3.8, 4) is 0 Å². The first kappa shape index (κ1) is 15.7. The van der Waals surface area contributed by atoms with Gasteiger partial charge in [0, 0.05) is 45.8 Å². The maximum atomic E-state index is 12.1. The van der Waals surface area contributed by atoms with E-state index in [1.165, 1.54) is 12.8 Å². The Balaban J connectivity index is 1.64. The first-order valence-corrected chi connectivity index (χ1v) is 8.01. The number of amides is 1. The molecular formula is C15H29N3O2. The van der Waals surface area contributed by atoms with Crippen LogP contribution in [0, 0.1) is 5.92 Å². The SMILES string of the molecule is CC(CN)CCC(=O)N1CCN(CC2CCCO2)CC1. The Morgan fingerprint density at radius 3 is 2.70 bits per heavy atom. The summed E-state index contributed by atoms with van der Waals surface area (Å²) in [5.74, 6) is 0.738. The Morgan fingerprint density at radius 2 is 2.10 bits per heavy atom. The number of piperazine rings is 1. The number of ether oxygens (including phenoxy) is 1. The van der Waals surface area contributed by atoms with Crippen LogP contribution in [0.15, 0.2) is 0 Å². The van der Waals surface area contributed by atoms with Crippen LogP contribution in [0.5, 0.6) is 0 Å². The molecule has 20 heavy (non-hydrogen) atoms. The van der Waals surface area contributed by atoms with E-state index in [0.717, 1.165) is 45.8 Å². The molecule has 116 valence electrons. The summed E-state index contributed by atoms with van der Waals surface area (Å²) < 4.78 is 5.67. The molecule has 2 saturated heterocycles. The molecule has 0 bridgehead atoms. The largest absolute Gasteiger partial charge is 0.377 e. The molecule has 0 radical (unpaired) electrons. The minimum atomic E-state index is 0.294. The maximum absolute atomic E-state index is 12.1. The van der Waals surface area contributed by atoms with E-state index < -0.39 is 0 Å². The third-order valence-electron chi connectivity index (χ3n) is 4.46. The zero-order valence-electron chi connectivity index (χ0n) is 12.7. The highest BCUT2D eigenvalue weighted by Crippen LogP contribution is 2.15. The highest BCUT2D eigenvalue weighted by Gasteiger charge is 2.24. The van der Waals surface area contributed by atoms with Gasteiger partial charge in [0.15, 0.2) is 0 Å². The lowest BCUT2D eigenvalue weighted by Gasteiger charge is -2.35. The van der Waals surface area contributed by atoms with E-state index in [1.54, 1.807) is 0 Å². The number of rotatable bonds is 6. The van der Waals surface area contributed by atoms with Crippen LogP contribution >= 0.6 is 0 Å². The van der Waals surface area contributed by atoms with Crippen LogP contribution in [0.4, 0.5) is 0 Å². The fourth-order valence-electron chi connectivity index (χ4n) is 2.90. The van der Waals surface area contributed by atoms with Gasteiger partial charge in [-0.05, 0) is 31.7 Å². The van der Waals surface area contributed by atoms with E-state index in [-0.39, 0.29) is 0 Å². The first-order valence-electron chi connectivity index (χ1n) is 8.01. The second-order valence-corrected chi connectivity index (χ2v) is 6.20. The molecule has 1 amide bonds. The molecule has 0 aromatic rings. The summed E-state index contributed by atoms with van der Waals surface area (Å²) in [6.45, 7) is 8.42. The van der Waals surface area contributed by atoms with Crippen molar-refractivity contribution < 1.29 is 9.53 Å². The molecule has 0 spiro atoms. The Kier molecular flexibility index (Phi) is 6.26. The van der Waals surface area contributed by atoms with Gasteiger partial charge in [-0.3, -0.25) is 9.69 Å². The van der Waals surface area contributed by atoms with Gasteiger partial charge in [-0.2, -0.15) is 0 Å². The Hall–Kier alpha value is -0.650. The van der Waals surface area contributed by atoms with Crippen molar-refractivity contribution in [2.75, 3.05) is 45.9 Å². The average molecular weight is 283 g/mol. The van der Waals surface area contributed by atoms with Gasteiger partial charge in [-0.1, -0.05) is 6.92 Å². The summed E-state index contributed by atoms with van der Waals surface area (Å²) >= 11 is 0. The van der Waals surface area contributed by atoms with Crippen LogP contribution in [0.3, 0.4) is 0 Å². The van der Waals surface area contributed by atoms with Gasteiger partial charge in [0.2, 0.25) is 5.91 Å². The minimum absolute atomic E-state index is 0.294. The van der Waals surface area contributed by atoms with Crippen LogP contribution < -0.4 is 5.73 Å². The fraction of sp³-hybridized carbons (Fsp3) is 0.933. The normalized spacial score (nSPS) is 25.9. The van der Waals surface area contributed by atoms with Crippen molar-refractivity contribution in [3.63, 3.8) is 0 Å². The van der Waals surface area contributed by atoms with Crippen LogP contribution in [0.25, 0.3) is 0 Å². The molecule has 0 saturated carbocycles. The number of carbonyl (C=O) groups excluding carboxylic acids is 1. The van der Waals surface area contributed by atoms with Gasteiger partial charge in [-0.25, -0.2) is 0 Å². The standard InChI is InChI=1S/C15H29N3O2/c1-13(11-16)4-5-15(19)18-8-6-17(7-9-18)12-14-3-2-10-20-14/h13-14H,2-12,16H2,1H3. The molecule has 2 rings (SSSR count). The van der Waals surface area contributed by atoms with Crippen LogP contribution in [-0.2, 0) is 9.53 Å². The summed E-state index contributed by atoms with van der Waals surface area (Å²) in [6.07, 6.45) is 4.36. The zero-order valence-corrected chi connectivity index (χ0v) is 12.7. The second kappa shape index (κ2) is 7.96. The van der Waals surface area contributed by atoms with E-state index in [4.69, 9.17) is 10.5 Å². The quantitative estimate of drug-likeness (QED) is 0.779. The van der Waals surface area contributed by atoms with E-state index in [0.29, 0.717) is 30.9 Å². The predicted octanol–water partition coefficient (Wildman–Crippen LogP) is 0.685. The Bertz CT molecular complexity index is 297. The van der Waals surface area contributed by atoms with Crippen LogP contribution in [-0.4, -0.2) is 67.7 Å². The van der Waals surface area contributed by atoms with Crippen LogP contribution in [0.2, 0.25) is 0 Å². The van der Waals surface area contributed by atoms with Gasteiger partial charge in [-0.15, -0.1) is 0 Å². The number of nitrogens with zero attached hydrogens (tertiary/aromatic N) is 2. The lowest BCUT2D eigenvalue weighted by molar-refractivity contribution is -0.133. The van der Waals surface area contributed by atoms with E-state index >= 15 is 0 Å². The molecule has 5 nitrogen and oxygen atoms in total. The first-order chi connectivity index (χ1) is 9.69. The molecule has 2 atom stereocenters. The molecule has 0 aromatic carbocycles. The maximum Gasteiger partial charge on any atom is 0.222 e. The van der Waals surface area contributed by atoms with Gasteiger partial charge in [0.25, 0.3) is 0 Å². The predicted molar refractivity (Wildman–Crippen MR) is 79.4 cm³/mol. The number of hydrogen-bond acceptors (Lipinski definition) is 4. The highest BCUT2D eigenvalue weighted by atomic mass is 16.5. The molecule has 2 heterocycles. The molecule has 2 aliphatic heterocycles. The zero-order chi connectivity index (χ0) is 14.4. The van der Waals surface area contributed by atoms with Crippen LogP contribution in [0.1, 0.15) is 32.6 Å².